The van der Waals surface area contributed by atoms with Crippen molar-refractivity contribution in [2.24, 2.45) is 0 Å². The summed E-state index contributed by atoms with van der Waals surface area (Å²) >= 11 is 1.73. The van der Waals surface area contributed by atoms with Crippen molar-refractivity contribution in [1.82, 2.24) is 25.1 Å². The highest BCUT2D eigenvalue weighted by atomic mass is 32.1. The van der Waals surface area contributed by atoms with Gasteiger partial charge in [-0.15, -0.1) is 0 Å². The molecule has 1 aliphatic rings. The number of carbonyl (C=O) groups excluding carboxylic acids is 1. The monoisotopic (exact) mass is 368 g/mol. The number of anilines is 1. The smallest absolute Gasteiger partial charge is 0.243 e. The Bertz CT molecular complexity index is 862. The maximum Gasteiger partial charge on any atom is 0.243 e. The van der Waals surface area contributed by atoms with Gasteiger partial charge in [0, 0.05) is 25.2 Å². The summed E-state index contributed by atoms with van der Waals surface area (Å²) in [5.74, 6) is -0.0523. The lowest BCUT2D eigenvalue weighted by Crippen LogP contribution is -2.44. The van der Waals surface area contributed by atoms with E-state index >= 15 is 0 Å². The first kappa shape index (κ1) is 16.7. The number of aromatic nitrogens is 4. The van der Waals surface area contributed by atoms with Crippen LogP contribution < -0.4 is 10.2 Å². The van der Waals surface area contributed by atoms with Gasteiger partial charge in [0.2, 0.25) is 5.91 Å². The largest absolute Gasteiger partial charge is 0.350 e. The number of rotatable bonds is 5. The molecule has 3 heterocycles. The second kappa shape index (κ2) is 7.65. The lowest BCUT2D eigenvalue weighted by Gasteiger charge is -2.31. The van der Waals surface area contributed by atoms with Gasteiger partial charge in [0.15, 0.2) is 5.13 Å². The van der Waals surface area contributed by atoms with Crippen molar-refractivity contribution < 1.29 is 4.79 Å². The lowest BCUT2D eigenvalue weighted by atomic mass is 10.1. The molecule has 0 bridgehead atoms. The van der Waals surface area contributed by atoms with Gasteiger partial charge >= 0.3 is 0 Å². The molecule has 1 amide bonds. The van der Waals surface area contributed by atoms with Crippen molar-refractivity contribution in [2.45, 2.75) is 25.4 Å². The first-order valence-electron chi connectivity index (χ1n) is 8.68. The van der Waals surface area contributed by atoms with Crippen LogP contribution in [0.1, 0.15) is 12.8 Å². The third kappa shape index (κ3) is 3.91. The lowest BCUT2D eigenvalue weighted by molar-refractivity contribution is -0.117. The Labute approximate surface area is 155 Å². The molecule has 0 spiro atoms. The number of benzene rings is 1. The highest BCUT2D eigenvalue weighted by molar-refractivity contribution is 7.22. The highest BCUT2D eigenvalue weighted by Gasteiger charge is 2.22. The van der Waals surface area contributed by atoms with E-state index in [0.29, 0.717) is 6.54 Å². The summed E-state index contributed by atoms with van der Waals surface area (Å²) in [7, 11) is 0. The quantitative estimate of drug-likeness (QED) is 0.699. The number of nitrogens with one attached hydrogen (secondary N) is 1. The van der Waals surface area contributed by atoms with Gasteiger partial charge in [0.1, 0.15) is 12.7 Å². The van der Waals surface area contributed by atoms with E-state index in [1.54, 1.807) is 34.5 Å². The van der Waals surface area contributed by atoms with E-state index in [2.05, 4.69) is 26.4 Å². The van der Waals surface area contributed by atoms with Gasteiger partial charge in [-0.05, 0) is 25.0 Å². The Morgan fingerprint density at radius 3 is 2.92 bits per heavy atom. The van der Waals surface area contributed by atoms with Gasteiger partial charge in [-0.1, -0.05) is 29.5 Å². The Hall–Kier alpha value is -2.74. The number of fused-ring (bicyclic) bond motifs is 1. The van der Waals surface area contributed by atoms with Crippen molar-refractivity contribution in [1.29, 1.82) is 0 Å². The fourth-order valence-electron chi connectivity index (χ4n) is 3.05. The Kier molecular flexibility index (Phi) is 4.92. The predicted octanol–water partition coefficient (Wildman–Crippen LogP) is 2.23. The fourth-order valence-corrected chi connectivity index (χ4v) is 4.07. The van der Waals surface area contributed by atoms with Gasteiger partial charge in [-0.25, -0.2) is 14.6 Å². The number of para-hydroxylation sites is 1. The normalized spacial score (nSPS) is 15.8. The molecular formula is C18H20N6OS. The van der Waals surface area contributed by atoms with Gasteiger partial charge in [-0.2, -0.15) is 5.10 Å². The van der Waals surface area contributed by atoms with Crippen LogP contribution in [0.4, 0.5) is 5.13 Å². The standard InChI is InChI=1S/C18H20N6OS/c25-17(6-3-9-24-13-19-12-20-24)21-14-7-10-23(11-8-14)18-22-15-4-1-2-5-16(15)26-18/h1-6,12-14H,7-11H2,(H,21,25)/b6-3+. The second-order valence-corrected chi connectivity index (χ2v) is 7.26. The van der Waals surface area contributed by atoms with Crippen LogP contribution in [0.5, 0.6) is 0 Å². The fraction of sp³-hybridized carbons (Fsp3) is 0.333. The molecule has 1 aromatic carbocycles. The Balaban J connectivity index is 1.26. The molecule has 1 fully saturated rings. The summed E-state index contributed by atoms with van der Waals surface area (Å²) in [5, 5.41) is 8.15. The van der Waals surface area contributed by atoms with E-state index in [1.165, 1.54) is 11.0 Å². The number of hydrogen-bond acceptors (Lipinski definition) is 6. The molecule has 3 aromatic rings. The molecule has 7 nitrogen and oxygen atoms in total. The minimum Gasteiger partial charge on any atom is -0.350 e. The minimum absolute atomic E-state index is 0.0523. The number of nitrogens with zero attached hydrogens (tertiary/aromatic N) is 5. The van der Waals surface area contributed by atoms with Crippen molar-refractivity contribution in [3.8, 4) is 0 Å². The molecule has 0 unspecified atom stereocenters. The number of amides is 1. The number of allylic oxidation sites excluding steroid dienone is 1. The third-order valence-corrected chi connectivity index (χ3v) is 5.52. The summed E-state index contributed by atoms with van der Waals surface area (Å²) in [6.07, 6.45) is 8.33. The molecule has 1 aliphatic heterocycles. The topological polar surface area (TPSA) is 75.9 Å². The van der Waals surface area contributed by atoms with Crippen LogP contribution in [0.3, 0.4) is 0 Å². The van der Waals surface area contributed by atoms with E-state index in [9.17, 15) is 4.79 Å². The molecule has 134 valence electrons. The first-order chi connectivity index (χ1) is 12.8. The first-order valence-corrected chi connectivity index (χ1v) is 9.49. The summed E-state index contributed by atoms with van der Waals surface area (Å²) in [4.78, 5) is 22.9. The summed E-state index contributed by atoms with van der Waals surface area (Å²) in [6, 6.07) is 8.43. The highest BCUT2D eigenvalue weighted by Crippen LogP contribution is 2.30. The molecule has 26 heavy (non-hydrogen) atoms. The van der Waals surface area contributed by atoms with E-state index in [0.717, 1.165) is 36.6 Å². The Morgan fingerprint density at radius 1 is 1.31 bits per heavy atom. The molecular weight excluding hydrogens is 348 g/mol. The average Bonchev–Trinajstić information content (AvgIpc) is 3.31. The zero-order chi connectivity index (χ0) is 17.8. The summed E-state index contributed by atoms with van der Waals surface area (Å²) < 4.78 is 2.88. The van der Waals surface area contributed by atoms with Crippen LogP contribution >= 0.6 is 11.3 Å². The summed E-state index contributed by atoms with van der Waals surface area (Å²) in [5.41, 5.74) is 1.06. The third-order valence-electron chi connectivity index (χ3n) is 4.42. The van der Waals surface area contributed by atoms with Gasteiger partial charge in [-0.3, -0.25) is 4.79 Å². The van der Waals surface area contributed by atoms with E-state index in [-0.39, 0.29) is 11.9 Å². The van der Waals surface area contributed by atoms with E-state index in [4.69, 9.17) is 4.98 Å². The Morgan fingerprint density at radius 2 is 2.15 bits per heavy atom. The molecule has 4 rings (SSSR count). The van der Waals surface area contributed by atoms with Crippen molar-refractivity contribution in [2.75, 3.05) is 18.0 Å². The maximum absolute atomic E-state index is 12.0. The van der Waals surface area contributed by atoms with Crippen LogP contribution in [-0.4, -0.2) is 44.8 Å². The number of thiazole rings is 1. The molecule has 0 radical (unpaired) electrons. The zero-order valence-electron chi connectivity index (χ0n) is 14.3. The zero-order valence-corrected chi connectivity index (χ0v) is 15.1. The van der Waals surface area contributed by atoms with Crippen LogP contribution in [-0.2, 0) is 11.3 Å². The van der Waals surface area contributed by atoms with Gasteiger partial charge < -0.3 is 10.2 Å². The predicted molar refractivity (Wildman–Crippen MR) is 102 cm³/mol. The van der Waals surface area contributed by atoms with E-state index < -0.39 is 0 Å². The van der Waals surface area contributed by atoms with Crippen LogP contribution in [0.15, 0.2) is 49.1 Å². The van der Waals surface area contributed by atoms with Gasteiger partial charge in [0.25, 0.3) is 0 Å². The van der Waals surface area contributed by atoms with Crippen LogP contribution in [0.25, 0.3) is 10.2 Å². The number of carbonyl (C=O) groups is 1. The van der Waals surface area contributed by atoms with Crippen molar-refractivity contribution in [3.05, 3.63) is 49.1 Å². The summed E-state index contributed by atoms with van der Waals surface area (Å²) in [6.45, 7) is 2.37. The van der Waals surface area contributed by atoms with Crippen LogP contribution in [0.2, 0.25) is 0 Å². The molecule has 2 aromatic heterocycles. The number of hydrogen-bond donors (Lipinski definition) is 1. The SMILES string of the molecule is O=C(/C=C/Cn1cncn1)NC1CCN(c2nc3ccccc3s2)CC1. The average molecular weight is 368 g/mol. The molecule has 1 saturated heterocycles. The van der Waals surface area contributed by atoms with Gasteiger partial charge in [0.05, 0.1) is 16.8 Å². The maximum atomic E-state index is 12.0. The van der Waals surface area contributed by atoms with E-state index in [1.807, 2.05) is 18.2 Å². The molecule has 0 saturated carbocycles. The second-order valence-electron chi connectivity index (χ2n) is 6.25. The number of piperidine rings is 1. The molecule has 0 atom stereocenters. The molecule has 0 aliphatic carbocycles. The minimum atomic E-state index is -0.0523. The van der Waals surface area contributed by atoms with Crippen LogP contribution in [0, 0.1) is 0 Å². The van der Waals surface area contributed by atoms with Crippen molar-refractivity contribution in [3.63, 3.8) is 0 Å². The molecule has 8 heteroatoms. The van der Waals surface area contributed by atoms with Crippen molar-refractivity contribution >= 4 is 32.6 Å². The molecule has 1 N–H and O–H groups in total.